The van der Waals surface area contributed by atoms with Crippen LogP contribution >= 0.6 is 22.9 Å². The SMILES string of the molecule is CC1CCC(Cl)C(Cc2cncs2)C1. The second kappa shape index (κ2) is 4.63. The molecule has 3 heteroatoms. The zero-order valence-corrected chi connectivity index (χ0v) is 10.0. The Morgan fingerprint density at radius 1 is 1.57 bits per heavy atom. The first-order chi connectivity index (χ1) is 6.75. The van der Waals surface area contributed by atoms with Crippen molar-refractivity contribution in [2.45, 2.75) is 38.0 Å². The normalized spacial score (nSPS) is 33.1. The van der Waals surface area contributed by atoms with E-state index >= 15 is 0 Å². The molecule has 3 atom stereocenters. The van der Waals surface area contributed by atoms with E-state index in [9.17, 15) is 0 Å². The molecule has 0 spiro atoms. The summed E-state index contributed by atoms with van der Waals surface area (Å²) < 4.78 is 0. The van der Waals surface area contributed by atoms with Gasteiger partial charge >= 0.3 is 0 Å². The van der Waals surface area contributed by atoms with E-state index in [2.05, 4.69) is 11.9 Å². The van der Waals surface area contributed by atoms with Gasteiger partial charge in [-0.15, -0.1) is 22.9 Å². The van der Waals surface area contributed by atoms with E-state index < -0.39 is 0 Å². The van der Waals surface area contributed by atoms with Gasteiger partial charge in [0.25, 0.3) is 0 Å². The van der Waals surface area contributed by atoms with Gasteiger partial charge in [-0.3, -0.25) is 4.98 Å². The number of hydrogen-bond acceptors (Lipinski definition) is 2. The second-order valence-electron chi connectivity index (χ2n) is 4.37. The highest BCUT2D eigenvalue weighted by molar-refractivity contribution is 7.09. The van der Waals surface area contributed by atoms with Gasteiger partial charge in [0.1, 0.15) is 0 Å². The molecule has 0 aromatic carbocycles. The minimum Gasteiger partial charge on any atom is -0.253 e. The Balaban J connectivity index is 1.95. The molecule has 1 aliphatic rings. The molecule has 3 unspecified atom stereocenters. The van der Waals surface area contributed by atoms with Crippen LogP contribution in [0.4, 0.5) is 0 Å². The van der Waals surface area contributed by atoms with E-state index in [0.717, 1.165) is 12.3 Å². The average molecular weight is 230 g/mol. The standard InChI is InChI=1S/C11H16ClNS/c1-8-2-3-11(12)9(4-8)5-10-6-13-7-14-10/h6-9,11H,2-5H2,1H3. The summed E-state index contributed by atoms with van der Waals surface area (Å²) in [7, 11) is 0. The van der Waals surface area contributed by atoms with Crippen molar-refractivity contribution in [3.63, 3.8) is 0 Å². The monoisotopic (exact) mass is 229 g/mol. The Morgan fingerprint density at radius 2 is 2.43 bits per heavy atom. The molecule has 1 saturated carbocycles. The van der Waals surface area contributed by atoms with E-state index in [0.29, 0.717) is 11.3 Å². The van der Waals surface area contributed by atoms with Crippen LogP contribution in [0.15, 0.2) is 11.7 Å². The fraction of sp³-hybridized carbons (Fsp3) is 0.727. The molecule has 1 nitrogen and oxygen atoms in total. The number of aromatic nitrogens is 1. The molecule has 1 aromatic rings. The topological polar surface area (TPSA) is 12.9 Å². The third-order valence-corrected chi connectivity index (χ3v) is 4.48. The van der Waals surface area contributed by atoms with E-state index in [1.54, 1.807) is 11.3 Å². The molecule has 0 aliphatic heterocycles. The molecule has 1 aromatic heterocycles. The molecule has 1 heterocycles. The second-order valence-corrected chi connectivity index (χ2v) is 5.90. The van der Waals surface area contributed by atoms with E-state index in [1.807, 2.05) is 11.7 Å². The predicted molar refractivity (Wildman–Crippen MR) is 62.0 cm³/mol. The third kappa shape index (κ3) is 2.48. The highest BCUT2D eigenvalue weighted by Crippen LogP contribution is 2.34. The Labute approximate surface area is 94.5 Å². The van der Waals surface area contributed by atoms with Crippen LogP contribution < -0.4 is 0 Å². The van der Waals surface area contributed by atoms with Gasteiger partial charge in [0.15, 0.2) is 0 Å². The number of alkyl halides is 1. The van der Waals surface area contributed by atoms with Crippen molar-refractivity contribution in [1.82, 2.24) is 4.98 Å². The molecule has 2 rings (SSSR count). The van der Waals surface area contributed by atoms with Gasteiger partial charge in [-0.2, -0.15) is 0 Å². The summed E-state index contributed by atoms with van der Waals surface area (Å²) in [5.74, 6) is 1.52. The lowest BCUT2D eigenvalue weighted by Crippen LogP contribution is -2.25. The third-order valence-electron chi connectivity index (χ3n) is 3.10. The smallest absolute Gasteiger partial charge is 0.0794 e. The van der Waals surface area contributed by atoms with Crippen LogP contribution in [0.1, 0.15) is 31.1 Å². The zero-order valence-electron chi connectivity index (χ0n) is 8.45. The lowest BCUT2D eigenvalue weighted by Gasteiger charge is -2.30. The number of rotatable bonds is 2. The first-order valence-electron chi connectivity index (χ1n) is 5.27. The maximum Gasteiger partial charge on any atom is 0.0794 e. The minimum absolute atomic E-state index is 0.383. The van der Waals surface area contributed by atoms with Crippen LogP contribution in [0, 0.1) is 11.8 Å². The summed E-state index contributed by atoms with van der Waals surface area (Å²) >= 11 is 8.10. The van der Waals surface area contributed by atoms with Crippen LogP contribution in [0.3, 0.4) is 0 Å². The lowest BCUT2D eigenvalue weighted by atomic mass is 9.80. The van der Waals surface area contributed by atoms with Crippen molar-refractivity contribution in [2.75, 3.05) is 0 Å². The maximum absolute atomic E-state index is 6.35. The lowest BCUT2D eigenvalue weighted by molar-refractivity contribution is 0.288. The fourth-order valence-corrected chi connectivity index (χ4v) is 3.28. The zero-order chi connectivity index (χ0) is 9.97. The van der Waals surface area contributed by atoms with E-state index in [4.69, 9.17) is 11.6 Å². The Morgan fingerprint density at radius 3 is 3.14 bits per heavy atom. The summed E-state index contributed by atoms with van der Waals surface area (Å²) in [5, 5.41) is 0.383. The summed E-state index contributed by atoms with van der Waals surface area (Å²) in [5.41, 5.74) is 1.91. The Bertz CT molecular complexity index is 273. The highest BCUT2D eigenvalue weighted by atomic mass is 35.5. The van der Waals surface area contributed by atoms with Crippen molar-refractivity contribution in [3.8, 4) is 0 Å². The molecule has 0 amide bonds. The van der Waals surface area contributed by atoms with Crippen LogP contribution in [0.25, 0.3) is 0 Å². The molecule has 14 heavy (non-hydrogen) atoms. The highest BCUT2D eigenvalue weighted by Gasteiger charge is 2.27. The van der Waals surface area contributed by atoms with Crippen LogP contribution in [0.5, 0.6) is 0 Å². The summed E-state index contributed by atoms with van der Waals surface area (Å²) in [6.07, 6.45) is 6.88. The fourth-order valence-electron chi connectivity index (χ4n) is 2.27. The first kappa shape index (κ1) is 10.4. The van der Waals surface area contributed by atoms with Gasteiger partial charge in [0.05, 0.1) is 5.51 Å². The van der Waals surface area contributed by atoms with Crippen molar-refractivity contribution >= 4 is 22.9 Å². The minimum atomic E-state index is 0.383. The Hall–Kier alpha value is -0.0800. The van der Waals surface area contributed by atoms with Gasteiger partial charge in [-0.25, -0.2) is 0 Å². The molecule has 78 valence electrons. The quantitative estimate of drug-likeness (QED) is 0.705. The number of nitrogens with zero attached hydrogens (tertiary/aromatic N) is 1. The van der Waals surface area contributed by atoms with Gasteiger partial charge < -0.3 is 0 Å². The van der Waals surface area contributed by atoms with Crippen molar-refractivity contribution in [3.05, 3.63) is 16.6 Å². The molecule has 0 N–H and O–H groups in total. The van der Waals surface area contributed by atoms with Crippen LogP contribution in [-0.2, 0) is 6.42 Å². The van der Waals surface area contributed by atoms with Crippen LogP contribution in [-0.4, -0.2) is 10.4 Å². The van der Waals surface area contributed by atoms with Crippen molar-refractivity contribution in [1.29, 1.82) is 0 Å². The van der Waals surface area contributed by atoms with Crippen LogP contribution in [0.2, 0.25) is 0 Å². The number of thiazole rings is 1. The summed E-state index contributed by atoms with van der Waals surface area (Å²) in [6, 6.07) is 0. The van der Waals surface area contributed by atoms with Gasteiger partial charge in [0, 0.05) is 16.5 Å². The molecular formula is C11H16ClNS. The maximum atomic E-state index is 6.35. The van der Waals surface area contributed by atoms with Crippen molar-refractivity contribution in [2.24, 2.45) is 11.8 Å². The van der Waals surface area contributed by atoms with Gasteiger partial charge in [-0.1, -0.05) is 6.92 Å². The molecule has 1 fully saturated rings. The summed E-state index contributed by atoms with van der Waals surface area (Å²) in [4.78, 5) is 5.49. The number of halogens is 1. The van der Waals surface area contributed by atoms with E-state index in [-0.39, 0.29) is 0 Å². The average Bonchev–Trinajstić information content (AvgIpc) is 2.64. The number of hydrogen-bond donors (Lipinski definition) is 0. The Kier molecular flexibility index (Phi) is 3.45. The molecule has 0 radical (unpaired) electrons. The van der Waals surface area contributed by atoms with Gasteiger partial charge in [0.2, 0.25) is 0 Å². The molecule has 0 saturated heterocycles. The molecule has 0 bridgehead atoms. The summed E-state index contributed by atoms with van der Waals surface area (Å²) in [6.45, 7) is 2.34. The molecular weight excluding hydrogens is 214 g/mol. The van der Waals surface area contributed by atoms with Gasteiger partial charge in [-0.05, 0) is 37.5 Å². The first-order valence-corrected chi connectivity index (χ1v) is 6.58. The largest absolute Gasteiger partial charge is 0.253 e. The molecule has 1 aliphatic carbocycles. The predicted octanol–water partition coefficient (Wildman–Crippen LogP) is 3.73. The van der Waals surface area contributed by atoms with Crippen molar-refractivity contribution < 1.29 is 0 Å². The van der Waals surface area contributed by atoms with E-state index in [1.165, 1.54) is 24.1 Å².